The highest BCUT2D eigenvalue weighted by molar-refractivity contribution is 5.95. The minimum Gasteiger partial charge on any atom is -0.339 e. The Kier molecular flexibility index (Phi) is 6.78. The molecule has 0 atom stereocenters. The van der Waals surface area contributed by atoms with Gasteiger partial charge < -0.3 is 10.2 Å². The highest BCUT2D eigenvalue weighted by Crippen LogP contribution is 2.20. The Hall–Kier alpha value is -2.28. The van der Waals surface area contributed by atoms with Crippen molar-refractivity contribution in [3.63, 3.8) is 0 Å². The number of amides is 1. The Balaban J connectivity index is 1.45. The van der Waals surface area contributed by atoms with E-state index in [9.17, 15) is 4.79 Å². The van der Waals surface area contributed by atoms with Crippen molar-refractivity contribution in [1.29, 1.82) is 0 Å². The third kappa shape index (κ3) is 5.16. The molecule has 0 unspecified atom stereocenters. The molecule has 1 amide bonds. The Morgan fingerprint density at radius 2 is 1.93 bits per heavy atom. The van der Waals surface area contributed by atoms with E-state index in [1.165, 1.54) is 0 Å². The van der Waals surface area contributed by atoms with Gasteiger partial charge in [-0.25, -0.2) is 0 Å². The molecule has 0 spiro atoms. The second-order valence-corrected chi connectivity index (χ2v) is 8.24. The molecular weight excluding hydrogens is 352 g/mol. The number of piperidine rings is 1. The van der Waals surface area contributed by atoms with E-state index in [2.05, 4.69) is 34.2 Å². The first-order valence-corrected chi connectivity index (χ1v) is 10.2. The molecule has 0 aromatic carbocycles. The minimum absolute atomic E-state index is 0.119. The zero-order valence-corrected chi connectivity index (χ0v) is 17.5. The summed E-state index contributed by atoms with van der Waals surface area (Å²) < 4.78 is 1.95. The summed E-state index contributed by atoms with van der Waals surface area (Å²) in [5, 5.41) is 7.89. The van der Waals surface area contributed by atoms with Crippen molar-refractivity contribution in [1.82, 2.24) is 30.0 Å². The van der Waals surface area contributed by atoms with E-state index in [1.807, 2.05) is 29.6 Å². The number of carbonyl (C=O) groups excluding carboxylic acids is 1. The van der Waals surface area contributed by atoms with Crippen LogP contribution in [0.15, 0.2) is 18.6 Å². The molecule has 7 heteroatoms. The van der Waals surface area contributed by atoms with E-state index >= 15 is 0 Å². The predicted molar refractivity (Wildman–Crippen MR) is 109 cm³/mol. The van der Waals surface area contributed by atoms with Crippen molar-refractivity contribution in [3.05, 3.63) is 41.2 Å². The normalized spacial score (nSPS) is 15.4. The van der Waals surface area contributed by atoms with E-state index in [0.29, 0.717) is 11.8 Å². The summed E-state index contributed by atoms with van der Waals surface area (Å²) in [7, 11) is 0. The summed E-state index contributed by atoms with van der Waals surface area (Å²) in [5.41, 5.74) is 3.62. The van der Waals surface area contributed by atoms with E-state index in [4.69, 9.17) is 0 Å². The first kappa shape index (κ1) is 20.5. The predicted octanol–water partition coefficient (Wildman–Crippen LogP) is 2.59. The molecule has 3 heterocycles. The summed E-state index contributed by atoms with van der Waals surface area (Å²) in [5.74, 6) is 1.22. The molecule has 28 heavy (non-hydrogen) atoms. The van der Waals surface area contributed by atoms with E-state index < -0.39 is 0 Å². The monoisotopic (exact) mass is 384 g/mol. The standard InChI is InChI=1S/C21H32N6O/c1-15(2)14-27-17(4)20(13-25-27)21(28)26-7-5-18(6-8-26)10-22-11-19-12-23-16(3)9-24-19/h9,12-13,15,18,22H,5-8,10-11,14H2,1-4H3. The smallest absolute Gasteiger partial charge is 0.257 e. The van der Waals surface area contributed by atoms with Crippen molar-refractivity contribution in [3.8, 4) is 0 Å². The van der Waals surface area contributed by atoms with Crippen LogP contribution in [-0.4, -0.2) is 50.2 Å². The van der Waals surface area contributed by atoms with Gasteiger partial charge in [0.25, 0.3) is 5.91 Å². The van der Waals surface area contributed by atoms with Crippen molar-refractivity contribution in [2.45, 2.75) is 53.6 Å². The number of hydrogen-bond acceptors (Lipinski definition) is 5. The van der Waals surface area contributed by atoms with Gasteiger partial charge in [-0.1, -0.05) is 13.8 Å². The average molecular weight is 385 g/mol. The van der Waals surface area contributed by atoms with Crippen LogP contribution >= 0.6 is 0 Å². The summed E-state index contributed by atoms with van der Waals surface area (Å²) >= 11 is 0. The maximum absolute atomic E-state index is 12.9. The van der Waals surface area contributed by atoms with Crippen molar-refractivity contribution in [2.24, 2.45) is 11.8 Å². The maximum atomic E-state index is 12.9. The van der Waals surface area contributed by atoms with Crippen LogP contribution in [0.2, 0.25) is 0 Å². The van der Waals surface area contributed by atoms with Gasteiger partial charge in [-0.05, 0) is 45.1 Å². The summed E-state index contributed by atoms with van der Waals surface area (Å²) in [6, 6.07) is 0. The molecule has 0 radical (unpaired) electrons. The fraction of sp³-hybridized carbons (Fsp3) is 0.619. The lowest BCUT2D eigenvalue weighted by atomic mass is 9.96. The van der Waals surface area contributed by atoms with Crippen LogP contribution in [0.4, 0.5) is 0 Å². The number of nitrogens with zero attached hydrogens (tertiary/aromatic N) is 5. The van der Waals surface area contributed by atoms with Crippen molar-refractivity contribution in [2.75, 3.05) is 19.6 Å². The summed E-state index contributed by atoms with van der Waals surface area (Å²) in [6.45, 7) is 12.4. The molecule has 2 aromatic rings. The van der Waals surface area contributed by atoms with Gasteiger partial charge in [-0.15, -0.1) is 0 Å². The third-order valence-electron chi connectivity index (χ3n) is 5.35. The fourth-order valence-electron chi connectivity index (χ4n) is 3.61. The van der Waals surface area contributed by atoms with Crippen LogP contribution in [0.1, 0.15) is 54.1 Å². The Morgan fingerprint density at radius 3 is 2.57 bits per heavy atom. The number of likely N-dealkylation sites (tertiary alicyclic amines) is 1. The molecule has 1 aliphatic rings. The van der Waals surface area contributed by atoms with Gasteiger partial charge in [0.2, 0.25) is 0 Å². The minimum atomic E-state index is 0.119. The summed E-state index contributed by atoms with van der Waals surface area (Å²) in [4.78, 5) is 23.5. The van der Waals surface area contributed by atoms with E-state index in [-0.39, 0.29) is 5.91 Å². The number of hydrogen-bond donors (Lipinski definition) is 1. The molecule has 152 valence electrons. The molecule has 0 bridgehead atoms. The Morgan fingerprint density at radius 1 is 1.18 bits per heavy atom. The van der Waals surface area contributed by atoms with Gasteiger partial charge in [0.1, 0.15) is 0 Å². The van der Waals surface area contributed by atoms with Gasteiger partial charge in [0.05, 0.1) is 23.1 Å². The Bertz CT molecular complexity index is 775. The lowest BCUT2D eigenvalue weighted by molar-refractivity contribution is 0.0689. The number of nitrogens with one attached hydrogen (secondary N) is 1. The molecule has 2 aromatic heterocycles. The number of aromatic nitrogens is 4. The van der Waals surface area contributed by atoms with Gasteiger partial charge in [-0.2, -0.15) is 5.10 Å². The zero-order valence-electron chi connectivity index (χ0n) is 17.5. The highest BCUT2D eigenvalue weighted by Gasteiger charge is 2.25. The topological polar surface area (TPSA) is 75.9 Å². The van der Waals surface area contributed by atoms with Gasteiger partial charge in [-0.3, -0.25) is 19.4 Å². The molecule has 0 aliphatic carbocycles. The van der Waals surface area contributed by atoms with Gasteiger partial charge >= 0.3 is 0 Å². The van der Waals surface area contributed by atoms with Crippen LogP contribution in [0.25, 0.3) is 0 Å². The molecular formula is C21H32N6O. The average Bonchev–Trinajstić information content (AvgIpc) is 3.03. The number of aryl methyl sites for hydroxylation is 1. The summed E-state index contributed by atoms with van der Waals surface area (Å²) in [6.07, 6.45) is 7.41. The van der Waals surface area contributed by atoms with Crippen LogP contribution < -0.4 is 5.32 Å². The zero-order chi connectivity index (χ0) is 20.1. The molecule has 7 nitrogen and oxygen atoms in total. The van der Waals surface area contributed by atoms with Crippen LogP contribution in [0, 0.1) is 25.7 Å². The highest BCUT2D eigenvalue weighted by atomic mass is 16.2. The van der Waals surface area contributed by atoms with Crippen LogP contribution in [-0.2, 0) is 13.1 Å². The quantitative estimate of drug-likeness (QED) is 0.794. The van der Waals surface area contributed by atoms with Crippen molar-refractivity contribution < 1.29 is 4.79 Å². The number of carbonyl (C=O) groups is 1. The first-order chi connectivity index (χ1) is 13.4. The van der Waals surface area contributed by atoms with Gasteiger partial charge in [0, 0.05) is 44.3 Å². The lowest BCUT2D eigenvalue weighted by Gasteiger charge is -2.32. The van der Waals surface area contributed by atoms with Crippen molar-refractivity contribution >= 4 is 5.91 Å². The van der Waals surface area contributed by atoms with Crippen LogP contribution in [0.3, 0.4) is 0 Å². The SMILES string of the molecule is Cc1cnc(CNCC2CCN(C(=O)c3cnn(CC(C)C)c3C)CC2)cn1. The third-order valence-corrected chi connectivity index (χ3v) is 5.35. The lowest BCUT2D eigenvalue weighted by Crippen LogP contribution is -2.40. The Labute approximate surface area is 167 Å². The molecule has 1 N–H and O–H groups in total. The van der Waals surface area contributed by atoms with Crippen LogP contribution in [0.5, 0.6) is 0 Å². The molecule has 0 saturated carbocycles. The van der Waals surface area contributed by atoms with E-state index in [0.717, 1.165) is 68.2 Å². The molecule has 1 saturated heterocycles. The fourth-order valence-corrected chi connectivity index (χ4v) is 3.61. The molecule has 1 aliphatic heterocycles. The number of rotatable bonds is 7. The van der Waals surface area contributed by atoms with Gasteiger partial charge in [0.15, 0.2) is 0 Å². The molecule has 1 fully saturated rings. The van der Waals surface area contributed by atoms with E-state index in [1.54, 1.807) is 12.4 Å². The molecule has 3 rings (SSSR count). The maximum Gasteiger partial charge on any atom is 0.257 e. The second-order valence-electron chi connectivity index (χ2n) is 8.24. The second kappa shape index (κ2) is 9.28. The first-order valence-electron chi connectivity index (χ1n) is 10.2. The largest absolute Gasteiger partial charge is 0.339 e.